The van der Waals surface area contributed by atoms with Crippen molar-refractivity contribution in [3.63, 3.8) is 0 Å². The van der Waals surface area contributed by atoms with Crippen LogP contribution in [0.15, 0.2) is 48.5 Å². The Balaban J connectivity index is 2.00. The second-order valence-electron chi connectivity index (χ2n) is 6.41. The van der Waals surface area contributed by atoms with E-state index in [0.717, 1.165) is 17.5 Å². The van der Waals surface area contributed by atoms with Crippen molar-refractivity contribution in [2.24, 2.45) is 5.92 Å². The van der Waals surface area contributed by atoms with Crippen LogP contribution in [-0.4, -0.2) is 11.9 Å². The van der Waals surface area contributed by atoms with Crippen molar-refractivity contribution >= 4 is 29.1 Å². The summed E-state index contributed by atoms with van der Waals surface area (Å²) >= 11 is 12.0. The van der Waals surface area contributed by atoms with Crippen molar-refractivity contribution in [1.29, 1.82) is 0 Å². The van der Waals surface area contributed by atoms with Crippen molar-refractivity contribution < 1.29 is 4.79 Å². The highest BCUT2D eigenvalue weighted by Gasteiger charge is 2.60. The van der Waals surface area contributed by atoms with Crippen LogP contribution in [0.2, 0.25) is 10.0 Å². The molecule has 0 saturated heterocycles. The molecule has 1 N–H and O–H groups in total. The largest absolute Gasteiger partial charge is 0.354 e. The first kappa shape index (κ1) is 16.4. The zero-order valence-electron chi connectivity index (χ0n) is 13.1. The number of amides is 1. The van der Waals surface area contributed by atoms with E-state index >= 15 is 0 Å². The summed E-state index contributed by atoms with van der Waals surface area (Å²) in [6.07, 6.45) is 0.800. The molecule has 0 bridgehead atoms. The second-order valence-corrected chi connectivity index (χ2v) is 7.28. The number of nitrogens with one attached hydrogen (secondary N) is 1. The lowest BCUT2D eigenvalue weighted by Crippen LogP contribution is -2.34. The van der Waals surface area contributed by atoms with Crippen molar-refractivity contribution in [1.82, 2.24) is 5.32 Å². The third kappa shape index (κ3) is 3.11. The summed E-state index contributed by atoms with van der Waals surface area (Å²) in [7, 11) is 0. The van der Waals surface area contributed by atoms with Gasteiger partial charge in [0.05, 0.1) is 5.92 Å². The normalized spacial score (nSPS) is 18.7. The van der Waals surface area contributed by atoms with Crippen LogP contribution in [0.1, 0.15) is 31.4 Å². The van der Waals surface area contributed by atoms with Gasteiger partial charge in [0.2, 0.25) is 5.91 Å². The van der Waals surface area contributed by atoms with Gasteiger partial charge in [-0.3, -0.25) is 4.79 Å². The zero-order chi connectivity index (χ0) is 16.6. The Hall–Kier alpha value is -1.51. The number of carbonyl (C=O) groups excluding carboxylic acids is 1. The van der Waals surface area contributed by atoms with Crippen LogP contribution < -0.4 is 5.32 Å². The fourth-order valence-corrected chi connectivity index (χ4v) is 3.52. The van der Waals surface area contributed by atoms with Crippen molar-refractivity contribution in [2.75, 3.05) is 0 Å². The summed E-state index contributed by atoms with van der Waals surface area (Å²) in [5.74, 6) is 0.0390. The van der Waals surface area contributed by atoms with Gasteiger partial charge in [-0.25, -0.2) is 0 Å². The Bertz CT molecular complexity index is 662. The molecule has 0 spiro atoms. The molecule has 2 nitrogen and oxygen atoms in total. The molecular weight excluding hydrogens is 329 g/mol. The van der Waals surface area contributed by atoms with Crippen LogP contribution >= 0.6 is 23.2 Å². The quantitative estimate of drug-likeness (QED) is 0.843. The van der Waals surface area contributed by atoms with Gasteiger partial charge in [-0.15, -0.1) is 0 Å². The molecule has 0 aliphatic heterocycles. The molecule has 1 fully saturated rings. The van der Waals surface area contributed by atoms with E-state index in [4.69, 9.17) is 23.2 Å². The van der Waals surface area contributed by atoms with Crippen LogP contribution in [0, 0.1) is 5.92 Å². The molecule has 1 aliphatic carbocycles. The van der Waals surface area contributed by atoms with Gasteiger partial charge in [-0.2, -0.15) is 0 Å². The summed E-state index contributed by atoms with van der Waals surface area (Å²) in [4.78, 5) is 12.5. The Labute approximate surface area is 146 Å². The van der Waals surface area contributed by atoms with Crippen LogP contribution in [-0.2, 0) is 10.2 Å². The van der Waals surface area contributed by atoms with E-state index in [1.807, 2.05) is 62.4 Å². The third-order valence-corrected chi connectivity index (χ3v) is 4.93. The Morgan fingerprint density at radius 2 is 1.43 bits per heavy atom. The number of hydrogen-bond acceptors (Lipinski definition) is 1. The summed E-state index contributed by atoms with van der Waals surface area (Å²) in [6.45, 7) is 3.96. The Morgan fingerprint density at radius 3 is 1.83 bits per heavy atom. The van der Waals surface area contributed by atoms with Crippen LogP contribution in [0.5, 0.6) is 0 Å². The van der Waals surface area contributed by atoms with E-state index in [2.05, 4.69) is 5.32 Å². The SMILES string of the molecule is CC(C)NC(=O)[C@@H]1CC1(c1ccc(Cl)cc1)c1ccc(Cl)cc1. The van der Waals surface area contributed by atoms with Gasteiger partial charge in [0.25, 0.3) is 0 Å². The van der Waals surface area contributed by atoms with E-state index in [1.165, 1.54) is 0 Å². The first-order valence-corrected chi connectivity index (χ1v) is 8.51. The zero-order valence-corrected chi connectivity index (χ0v) is 14.7. The van der Waals surface area contributed by atoms with Crippen molar-refractivity contribution in [3.05, 3.63) is 69.7 Å². The monoisotopic (exact) mass is 347 g/mol. The highest BCUT2D eigenvalue weighted by molar-refractivity contribution is 6.30. The average Bonchev–Trinajstić information content (AvgIpc) is 3.25. The highest BCUT2D eigenvalue weighted by atomic mass is 35.5. The molecule has 1 amide bonds. The minimum atomic E-state index is -0.284. The van der Waals surface area contributed by atoms with Gasteiger partial charge in [-0.1, -0.05) is 47.5 Å². The summed E-state index contributed by atoms with van der Waals surface area (Å²) < 4.78 is 0. The van der Waals surface area contributed by atoms with Gasteiger partial charge in [-0.05, 0) is 55.7 Å². The standard InChI is InChI=1S/C19H19Cl2NO/c1-12(2)22-18(23)17-11-19(17,13-3-7-15(20)8-4-13)14-5-9-16(21)10-6-14/h3-10,12,17H,11H2,1-2H3,(H,22,23)/t17-/m0/s1. The molecule has 120 valence electrons. The Kier molecular flexibility index (Phi) is 4.39. The molecule has 0 radical (unpaired) electrons. The van der Waals surface area contributed by atoms with Gasteiger partial charge in [0.1, 0.15) is 0 Å². The van der Waals surface area contributed by atoms with Gasteiger partial charge < -0.3 is 5.32 Å². The third-order valence-electron chi connectivity index (χ3n) is 4.43. The second kappa shape index (κ2) is 6.18. The van der Waals surface area contributed by atoms with E-state index < -0.39 is 0 Å². The van der Waals surface area contributed by atoms with Crippen LogP contribution in [0.3, 0.4) is 0 Å². The lowest BCUT2D eigenvalue weighted by molar-refractivity contribution is -0.123. The van der Waals surface area contributed by atoms with E-state index in [1.54, 1.807) is 0 Å². The fraction of sp³-hybridized carbons (Fsp3) is 0.316. The molecule has 2 aromatic rings. The maximum absolute atomic E-state index is 12.5. The molecule has 0 unspecified atom stereocenters. The first-order valence-electron chi connectivity index (χ1n) is 7.76. The lowest BCUT2D eigenvalue weighted by Gasteiger charge is -2.20. The molecule has 1 atom stereocenters. The predicted molar refractivity (Wildman–Crippen MR) is 95.1 cm³/mol. The van der Waals surface area contributed by atoms with Crippen molar-refractivity contribution in [3.8, 4) is 0 Å². The van der Waals surface area contributed by atoms with E-state index in [-0.39, 0.29) is 23.3 Å². The molecule has 23 heavy (non-hydrogen) atoms. The number of benzene rings is 2. The summed E-state index contributed by atoms with van der Waals surface area (Å²) in [6, 6.07) is 15.7. The highest BCUT2D eigenvalue weighted by Crippen LogP contribution is 2.59. The first-order chi connectivity index (χ1) is 10.9. The van der Waals surface area contributed by atoms with Crippen LogP contribution in [0.4, 0.5) is 0 Å². The topological polar surface area (TPSA) is 29.1 Å². The minimum Gasteiger partial charge on any atom is -0.354 e. The molecule has 3 rings (SSSR count). The molecule has 0 heterocycles. The maximum atomic E-state index is 12.5. The smallest absolute Gasteiger partial charge is 0.224 e. The number of halogens is 2. The number of hydrogen-bond donors (Lipinski definition) is 1. The van der Waals surface area contributed by atoms with Gasteiger partial charge >= 0.3 is 0 Å². The average molecular weight is 348 g/mol. The summed E-state index contributed by atoms with van der Waals surface area (Å²) in [5.41, 5.74) is 1.95. The van der Waals surface area contributed by atoms with Gasteiger partial charge in [0.15, 0.2) is 0 Å². The molecule has 0 aromatic heterocycles. The van der Waals surface area contributed by atoms with E-state index in [9.17, 15) is 4.79 Å². The Morgan fingerprint density at radius 1 is 1.00 bits per heavy atom. The number of carbonyl (C=O) groups is 1. The molecular formula is C19H19Cl2NO. The molecule has 2 aromatic carbocycles. The van der Waals surface area contributed by atoms with E-state index in [0.29, 0.717) is 10.0 Å². The van der Waals surface area contributed by atoms with Gasteiger partial charge in [0, 0.05) is 21.5 Å². The number of rotatable bonds is 4. The molecule has 1 saturated carbocycles. The molecule has 4 heteroatoms. The predicted octanol–water partition coefficient (Wildman–Crippen LogP) is 4.82. The van der Waals surface area contributed by atoms with Crippen molar-refractivity contribution in [2.45, 2.75) is 31.7 Å². The fourth-order valence-electron chi connectivity index (χ4n) is 3.26. The lowest BCUT2D eigenvalue weighted by atomic mass is 9.85. The minimum absolute atomic E-state index is 0.0627. The maximum Gasteiger partial charge on any atom is 0.224 e. The van der Waals surface area contributed by atoms with Crippen LogP contribution in [0.25, 0.3) is 0 Å². The summed E-state index contributed by atoms with van der Waals surface area (Å²) in [5, 5.41) is 4.43. The molecule has 1 aliphatic rings.